The second kappa shape index (κ2) is 18.0. The minimum absolute atomic E-state index is 0.0130. The van der Waals surface area contributed by atoms with Crippen LogP contribution in [0.4, 0.5) is 0 Å². The molecule has 1 aliphatic carbocycles. The molecule has 4 atom stereocenters. The third-order valence-corrected chi connectivity index (χ3v) is 8.63. The van der Waals surface area contributed by atoms with Crippen LogP contribution in [-0.4, -0.2) is 78.6 Å². The van der Waals surface area contributed by atoms with E-state index in [4.69, 9.17) is 4.74 Å². The molecule has 47 heavy (non-hydrogen) atoms. The van der Waals surface area contributed by atoms with E-state index in [1.54, 1.807) is 18.2 Å². The van der Waals surface area contributed by atoms with E-state index in [0.717, 1.165) is 31.2 Å². The van der Waals surface area contributed by atoms with Crippen molar-refractivity contribution in [2.75, 3.05) is 19.8 Å². The molecule has 4 rings (SSSR count). The van der Waals surface area contributed by atoms with Gasteiger partial charge >= 0.3 is 0 Å². The number of carbonyl (C=O) groups is 5. The molecule has 1 saturated carbocycles. The van der Waals surface area contributed by atoms with Gasteiger partial charge in [0, 0.05) is 12.5 Å². The molecule has 0 unspecified atom stereocenters. The lowest BCUT2D eigenvalue weighted by Gasteiger charge is -2.26. The van der Waals surface area contributed by atoms with Crippen molar-refractivity contribution in [1.82, 2.24) is 26.6 Å². The first-order valence-corrected chi connectivity index (χ1v) is 16.6. The Balaban J connectivity index is 1.51. The Bertz CT molecular complexity index is 1370. The number of rotatable bonds is 9. The highest BCUT2D eigenvalue weighted by Gasteiger charge is 2.30. The number of benzene rings is 2. The molecular formula is C35H47N5O7. The summed E-state index contributed by atoms with van der Waals surface area (Å²) in [5.74, 6) is -2.03. The normalized spacial score (nSPS) is 23.3. The first-order valence-electron chi connectivity index (χ1n) is 16.6. The molecule has 5 amide bonds. The smallest absolute Gasteiger partial charge is 0.255 e. The van der Waals surface area contributed by atoms with Gasteiger partial charge in [-0.05, 0) is 63.1 Å². The second-order valence-corrected chi connectivity index (χ2v) is 12.3. The molecule has 12 heteroatoms. The number of hydrogen-bond acceptors (Lipinski definition) is 7. The number of fused-ring (bicyclic) bond motifs is 1. The lowest BCUT2D eigenvalue weighted by Crippen LogP contribution is -2.57. The van der Waals surface area contributed by atoms with Crippen LogP contribution in [0.25, 0.3) is 0 Å². The quantitative estimate of drug-likeness (QED) is 0.225. The van der Waals surface area contributed by atoms with Gasteiger partial charge in [0.05, 0.1) is 18.2 Å². The zero-order chi connectivity index (χ0) is 33.6. The Morgan fingerprint density at radius 3 is 2.28 bits per heavy atom. The largest absolute Gasteiger partial charge is 0.491 e. The number of aliphatic hydroxyl groups is 1. The summed E-state index contributed by atoms with van der Waals surface area (Å²) in [6.45, 7) is 1.25. The summed E-state index contributed by atoms with van der Waals surface area (Å²) in [7, 11) is 0. The van der Waals surface area contributed by atoms with Gasteiger partial charge in [-0.1, -0.05) is 61.7 Å². The van der Waals surface area contributed by atoms with E-state index in [1.807, 2.05) is 30.3 Å². The van der Waals surface area contributed by atoms with Crippen molar-refractivity contribution in [1.29, 1.82) is 0 Å². The summed E-state index contributed by atoms with van der Waals surface area (Å²) in [5, 5.41) is 23.7. The van der Waals surface area contributed by atoms with Crippen molar-refractivity contribution in [3.8, 4) is 5.75 Å². The molecule has 6 N–H and O–H groups in total. The molecule has 1 heterocycles. The third kappa shape index (κ3) is 10.8. The van der Waals surface area contributed by atoms with E-state index >= 15 is 0 Å². The monoisotopic (exact) mass is 649 g/mol. The summed E-state index contributed by atoms with van der Waals surface area (Å²) in [6, 6.07) is 12.2. The zero-order valence-corrected chi connectivity index (χ0v) is 27.0. The molecule has 2 aliphatic rings. The first kappa shape index (κ1) is 35.4. The van der Waals surface area contributed by atoms with Gasteiger partial charge in [-0.15, -0.1) is 0 Å². The number of aliphatic hydroxyl groups excluding tert-OH is 1. The SMILES string of the molecule is C[C@@H]1NC(=O)[C@H](CO)NC(=O)c2ccccc2OC[C@H](Cc2ccccc2)NC(=O)[C@H](CCCCNC(=O)C2CCCCC2)NC1=O. The van der Waals surface area contributed by atoms with Crippen LogP contribution in [0.2, 0.25) is 0 Å². The van der Waals surface area contributed by atoms with Crippen molar-refractivity contribution in [3.63, 3.8) is 0 Å². The standard InChI is InChI=1S/C35H47N5O7/c1-23-31(42)39-28(17-10-11-19-36-32(43)25-14-6-3-7-15-25)34(45)38-26(20-24-12-4-2-5-13-24)22-47-30-18-9-8-16-27(30)33(44)40-29(21-41)35(46)37-23/h2,4-5,8-9,12-13,16,18,23,25-26,28-29,41H,3,6-7,10-11,14-15,17,19-22H2,1H3,(H,36,43)(H,37,46)(H,38,45)(H,39,42)(H,40,44)/t23-,26-,28-,29-/m0/s1. The number of hydrogen-bond donors (Lipinski definition) is 6. The summed E-state index contributed by atoms with van der Waals surface area (Å²) in [6.07, 6.45) is 7.05. The fourth-order valence-corrected chi connectivity index (χ4v) is 5.89. The van der Waals surface area contributed by atoms with Crippen molar-refractivity contribution in [2.45, 2.75) is 88.9 Å². The van der Waals surface area contributed by atoms with Crippen LogP contribution in [0.15, 0.2) is 54.6 Å². The molecule has 0 bridgehead atoms. The number of ether oxygens (including phenoxy) is 1. The summed E-state index contributed by atoms with van der Waals surface area (Å²) < 4.78 is 6.08. The van der Waals surface area contributed by atoms with Gasteiger partial charge in [0.1, 0.15) is 30.5 Å². The second-order valence-electron chi connectivity index (χ2n) is 12.3. The number of unbranched alkanes of at least 4 members (excludes halogenated alkanes) is 1. The summed E-state index contributed by atoms with van der Waals surface area (Å²) in [5.41, 5.74) is 1.10. The van der Waals surface area contributed by atoms with Gasteiger partial charge in [-0.3, -0.25) is 24.0 Å². The Hall–Kier alpha value is -4.45. The fourth-order valence-electron chi connectivity index (χ4n) is 5.89. The molecule has 1 fully saturated rings. The first-order chi connectivity index (χ1) is 22.7. The van der Waals surface area contributed by atoms with Gasteiger partial charge in [0.2, 0.25) is 23.6 Å². The molecule has 2 aromatic carbocycles. The Labute approximate surface area is 275 Å². The van der Waals surface area contributed by atoms with E-state index in [-0.39, 0.29) is 29.7 Å². The minimum Gasteiger partial charge on any atom is -0.491 e. The van der Waals surface area contributed by atoms with Gasteiger partial charge in [0.25, 0.3) is 5.91 Å². The summed E-state index contributed by atoms with van der Waals surface area (Å²) in [4.78, 5) is 65.6. The Kier molecular flexibility index (Phi) is 13.6. The summed E-state index contributed by atoms with van der Waals surface area (Å²) >= 11 is 0. The Morgan fingerprint density at radius 1 is 0.830 bits per heavy atom. The van der Waals surface area contributed by atoms with E-state index in [0.29, 0.717) is 32.2 Å². The maximum atomic E-state index is 13.8. The molecule has 0 aromatic heterocycles. The van der Waals surface area contributed by atoms with E-state index < -0.39 is 54.4 Å². The lowest BCUT2D eigenvalue weighted by atomic mass is 9.88. The minimum atomic E-state index is -1.33. The Morgan fingerprint density at radius 2 is 1.53 bits per heavy atom. The molecule has 0 saturated heterocycles. The number of carbonyl (C=O) groups excluding carboxylic acids is 5. The van der Waals surface area contributed by atoms with Crippen LogP contribution in [0, 0.1) is 5.92 Å². The maximum absolute atomic E-state index is 13.8. The average molecular weight is 650 g/mol. The molecule has 12 nitrogen and oxygen atoms in total. The molecule has 254 valence electrons. The number of nitrogens with one attached hydrogen (secondary N) is 5. The number of para-hydroxylation sites is 1. The predicted molar refractivity (Wildman–Crippen MR) is 175 cm³/mol. The van der Waals surface area contributed by atoms with Gasteiger partial charge in [-0.25, -0.2) is 0 Å². The molecule has 0 radical (unpaired) electrons. The van der Waals surface area contributed by atoms with E-state index in [9.17, 15) is 29.1 Å². The highest BCUT2D eigenvalue weighted by molar-refractivity contribution is 6.00. The maximum Gasteiger partial charge on any atom is 0.255 e. The predicted octanol–water partition coefficient (Wildman–Crippen LogP) is 1.75. The van der Waals surface area contributed by atoms with Crippen molar-refractivity contribution in [3.05, 3.63) is 65.7 Å². The van der Waals surface area contributed by atoms with Gasteiger partial charge in [-0.2, -0.15) is 0 Å². The molecular weight excluding hydrogens is 602 g/mol. The molecule has 0 spiro atoms. The van der Waals surface area contributed by atoms with Gasteiger partial charge in [0.15, 0.2) is 0 Å². The van der Waals surface area contributed by atoms with Crippen LogP contribution in [0.5, 0.6) is 5.75 Å². The van der Waals surface area contributed by atoms with E-state index in [1.165, 1.54) is 19.4 Å². The van der Waals surface area contributed by atoms with Crippen LogP contribution in [-0.2, 0) is 25.6 Å². The van der Waals surface area contributed by atoms with Crippen LogP contribution < -0.4 is 31.3 Å². The highest BCUT2D eigenvalue weighted by atomic mass is 16.5. The lowest BCUT2D eigenvalue weighted by molar-refractivity contribution is -0.132. The zero-order valence-electron chi connectivity index (χ0n) is 27.0. The van der Waals surface area contributed by atoms with Crippen molar-refractivity contribution >= 4 is 29.5 Å². The molecule has 2 aromatic rings. The topological polar surface area (TPSA) is 175 Å². The van der Waals surface area contributed by atoms with Crippen molar-refractivity contribution < 1.29 is 33.8 Å². The highest BCUT2D eigenvalue weighted by Crippen LogP contribution is 2.23. The van der Waals surface area contributed by atoms with Crippen LogP contribution in [0.1, 0.15) is 74.2 Å². The van der Waals surface area contributed by atoms with E-state index in [2.05, 4.69) is 26.6 Å². The third-order valence-electron chi connectivity index (χ3n) is 8.63. The average Bonchev–Trinajstić information content (AvgIpc) is 3.09. The fraction of sp³-hybridized carbons (Fsp3) is 0.514. The number of amides is 5. The van der Waals surface area contributed by atoms with Crippen molar-refractivity contribution in [2.24, 2.45) is 5.92 Å². The molecule has 1 aliphatic heterocycles. The van der Waals surface area contributed by atoms with Crippen LogP contribution >= 0.6 is 0 Å². The van der Waals surface area contributed by atoms with Crippen LogP contribution in [0.3, 0.4) is 0 Å². The van der Waals surface area contributed by atoms with Gasteiger partial charge < -0.3 is 36.4 Å².